The van der Waals surface area contributed by atoms with E-state index in [-0.39, 0.29) is 5.91 Å². The molecular formula is C21H22N2O4. The standard InChI is InChI=1S/C21H22N2O4/c1-13-4-9-17-18(12-13)21(26)23(20(17)25)14(2)19(24)22-11-10-15-5-7-16(27-3)8-6-15/h4-9,12,14H,10-11H2,1-3H3,(H,22,24)/t14-/m1/s1. The predicted molar refractivity (Wildman–Crippen MR) is 101 cm³/mol. The van der Waals surface area contributed by atoms with Crippen LogP contribution in [0.3, 0.4) is 0 Å². The third-order valence-electron chi connectivity index (χ3n) is 4.71. The smallest absolute Gasteiger partial charge is 0.262 e. The third kappa shape index (κ3) is 3.69. The van der Waals surface area contributed by atoms with Crippen LogP contribution in [0.5, 0.6) is 5.75 Å². The molecule has 0 fully saturated rings. The molecule has 1 atom stereocenters. The predicted octanol–water partition coefficient (Wildman–Crippen LogP) is 2.35. The van der Waals surface area contributed by atoms with E-state index in [2.05, 4.69) is 5.32 Å². The van der Waals surface area contributed by atoms with Gasteiger partial charge in [0.2, 0.25) is 5.91 Å². The van der Waals surface area contributed by atoms with Crippen LogP contribution in [0.1, 0.15) is 38.8 Å². The summed E-state index contributed by atoms with van der Waals surface area (Å²) in [7, 11) is 1.61. The monoisotopic (exact) mass is 366 g/mol. The van der Waals surface area contributed by atoms with Gasteiger partial charge in [0.1, 0.15) is 11.8 Å². The largest absolute Gasteiger partial charge is 0.497 e. The number of nitrogens with zero attached hydrogens (tertiary/aromatic N) is 1. The highest BCUT2D eigenvalue weighted by molar-refractivity contribution is 6.22. The summed E-state index contributed by atoms with van der Waals surface area (Å²) in [6.45, 7) is 3.84. The fourth-order valence-electron chi connectivity index (χ4n) is 3.11. The molecule has 6 nitrogen and oxygen atoms in total. The Bertz CT molecular complexity index is 890. The average molecular weight is 366 g/mol. The lowest BCUT2D eigenvalue weighted by Crippen LogP contribution is -2.48. The minimum Gasteiger partial charge on any atom is -0.497 e. The van der Waals surface area contributed by atoms with Crippen molar-refractivity contribution in [2.45, 2.75) is 26.3 Å². The van der Waals surface area contributed by atoms with Gasteiger partial charge in [0.05, 0.1) is 18.2 Å². The molecule has 27 heavy (non-hydrogen) atoms. The number of imide groups is 1. The van der Waals surface area contributed by atoms with Gasteiger partial charge >= 0.3 is 0 Å². The second kappa shape index (κ2) is 7.61. The Kier molecular flexibility index (Phi) is 5.26. The van der Waals surface area contributed by atoms with E-state index in [4.69, 9.17) is 4.74 Å². The summed E-state index contributed by atoms with van der Waals surface area (Å²) >= 11 is 0. The van der Waals surface area contributed by atoms with E-state index in [1.54, 1.807) is 32.2 Å². The molecule has 3 amide bonds. The summed E-state index contributed by atoms with van der Waals surface area (Å²) in [5.74, 6) is -0.420. The molecule has 3 rings (SSSR count). The molecule has 6 heteroatoms. The van der Waals surface area contributed by atoms with Crippen molar-refractivity contribution >= 4 is 17.7 Å². The number of methoxy groups -OCH3 is 1. The number of carbonyl (C=O) groups is 3. The van der Waals surface area contributed by atoms with Gasteiger partial charge in [-0.2, -0.15) is 0 Å². The molecule has 0 radical (unpaired) electrons. The van der Waals surface area contributed by atoms with Crippen LogP contribution < -0.4 is 10.1 Å². The van der Waals surface area contributed by atoms with E-state index in [9.17, 15) is 14.4 Å². The van der Waals surface area contributed by atoms with E-state index in [0.29, 0.717) is 24.1 Å². The van der Waals surface area contributed by atoms with Crippen molar-refractivity contribution < 1.29 is 19.1 Å². The van der Waals surface area contributed by atoms with Crippen LogP contribution in [-0.4, -0.2) is 42.3 Å². The van der Waals surface area contributed by atoms with Gasteiger partial charge in [-0.05, 0) is 50.1 Å². The van der Waals surface area contributed by atoms with Gasteiger partial charge in [0, 0.05) is 6.54 Å². The first-order valence-electron chi connectivity index (χ1n) is 8.81. The van der Waals surface area contributed by atoms with Gasteiger partial charge in [-0.25, -0.2) is 0 Å². The minimum absolute atomic E-state index is 0.350. The molecular weight excluding hydrogens is 344 g/mol. The number of amides is 3. The number of ether oxygens (including phenoxy) is 1. The maximum absolute atomic E-state index is 12.6. The number of carbonyl (C=O) groups excluding carboxylic acids is 3. The normalized spacial score (nSPS) is 14.1. The average Bonchev–Trinajstić information content (AvgIpc) is 2.91. The highest BCUT2D eigenvalue weighted by atomic mass is 16.5. The van der Waals surface area contributed by atoms with Gasteiger partial charge in [-0.15, -0.1) is 0 Å². The summed E-state index contributed by atoms with van der Waals surface area (Å²) in [5, 5.41) is 2.80. The van der Waals surface area contributed by atoms with Gasteiger partial charge in [-0.3, -0.25) is 19.3 Å². The molecule has 140 valence electrons. The van der Waals surface area contributed by atoms with Crippen LogP contribution in [0.2, 0.25) is 0 Å². The molecule has 0 saturated carbocycles. The zero-order valence-corrected chi connectivity index (χ0v) is 15.6. The van der Waals surface area contributed by atoms with Crippen molar-refractivity contribution in [1.82, 2.24) is 10.2 Å². The lowest BCUT2D eigenvalue weighted by molar-refractivity contribution is -0.124. The Balaban J connectivity index is 1.60. The van der Waals surface area contributed by atoms with Gasteiger partial charge in [-0.1, -0.05) is 23.8 Å². The number of nitrogens with one attached hydrogen (secondary N) is 1. The fourth-order valence-corrected chi connectivity index (χ4v) is 3.11. The Labute approximate surface area is 158 Å². The second-order valence-electron chi connectivity index (χ2n) is 6.59. The van der Waals surface area contributed by atoms with E-state index >= 15 is 0 Å². The second-order valence-corrected chi connectivity index (χ2v) is 6.59. The Hall–Kier alpha value is -3.15. The first-order chi connectivity index (χ1) is 12.9. The van der Waals surface area contributed by atoms with Crippen molar-refractivity contribution in [3.8, 4) is 5.75 Å². The number of benzene rings is 2. The molecule has 1 aliphatic heterocycles. The zero-order valence-electron chi connectivity index (χ0n) is 15.6. The topological polar surface area (TPSA) is 75.7 Å². The SMILES string of the molecule is COc1ccc(CCNC(=O)[C@@H](C)N2C(=O)c3ccc(C)cc3C2=O)cc1. The molecule has 1 N–H and O–H groups in total. The summed E-state index contributed by atoms with van der Waals surface area (Å²) in [5.41, 5.74) is 2.66. The molecule has 2 aromatic carbocycles. The van der Waals surface area contributed by atoms with E-state index in [1.165, 1.54) is 0 Å². The van der Waals surface area contributed by atoms with Crippen LogP contribution in [-0.2, 0) is 11.2 Å². The Morgan fingerprint density at radius 2 is 1.74 bits per heavy atom. The number of fused-ring (bicyclic) bond motifs is 1. The maximum Gasteiger partial charge on any atom is 0.262 e. The highest BCUT2D eigenvalue weighted by Crippen LogP contribution is 2.25. The first kappa shape index (κ1) is 18.6. The summed E-state index contributed by atoms with van der Waals surface area (Å²) in [4.78, 5) is 38.6. The molecule has 1 aliphatic rings. The molecule has 0 unspecified atom stereocenters. The van der Waals surface area contributed by atoms with Crippen molar-refractivity contribution in [2.75, 3.05) is 13.7 Å². The number of hydrogen-bond acceptors (Lipinski definition) is 4. The summed E-state index contributed by atoms with van der Waals surface area (Å²) in [6.07, 6.45) is 0.643. The lowest BCUT2D eigenvalue weighted by Gasteiger charge is -2.21. The highest BCUT2D eigenvalue weighted by Gasteiger charge is 2.40. The van der Waals surface area contributed by atoms with E-state index in [0.717, 1.165) is 21.8 Å². The molecule has 1 heterocycles. The first-order valence-corrected chi connectivity index (χ1v) is 8.81. The molecule has 0 bridgehead atoms. The molecule has 0 aliphatic carbocycles. The Morgan fingerprint density at radius 3 is 2.41 bits per heavy atom. The Morgan fingerprint density at radius 1 is 1.07 bits per heavy atom. The van der Waals surface area contributed by atoms with Crippen molar-refractivity contribution in [3.05, 3.63) is 64.7 Å². The number of rotatable bonds is 6. The molecule has 0 saturated heterocycles. The quantitative estimate of drug-likeness (QED) is 0.797. The van der Waals surface area contributed by atoms with Crippen molar-refractivity contribution in [3.63, 3.8) is 0 Å². The van der Waals surface area contributed by atoms with Crippen LogP contribution in [0.4, 0.5) is 0 Å². The summed E-state index contributed by atoms with van der Waals surface area (Å²) in [6, 6.07) is 11.8. The van der Waals surface area contributed by atoms with Crippen molar-refractivity contribution in [1.29, 1.82) is 0 Å². The van der Waals surface area contributed by atoms with Crippen LogP contribution in [0.25, 0.3) is 0 Å². The minimum atomic E-state index is -0.867. The van der Waals surface area contributed by atoms with Crippen LogP contribution in [0.15, 0.2) is 42.5 Å². The zero-order chi connectivity index (χ0) is 19.6. The van der Waals surface area contributed by atoms with Gasteiger partial charge in [0.15, 0.2) is 0 Å². The maximum atomic E-state index is 12.6. The van der Waals surface area contributed by atoms with E-state index in [1.807, 2.05) is 31.2 Å². The van der Waals surface area contributed by atoms with Gasteiger partial charge in [0.25, 0.3) is 11.8 Å². The molecule has 0 spiro atoms. The van der Waals surface area contributed by atoms with Crippen molar-refractivity contribution in [2.24, 2.45) is 0 Å². The number of aryl methyl sites for hydroxylation is 1. The fraction of sp³-hybridized carbons (Fsp3) is 0.286. The van der Waals surface area contributed by atoms with Crippen LogP contribution >= 0.6 is 0 Å². The third-order valence-corrected chi connectivity index (χ3v) is 4.71. The van der Waals surface area contributed by atoms with Crippen LogP contribution in [0, 0.1) is 6.92 Å². The molecule has 0 aromatic heterocycles. The van der Waals surface area contributed by atoms with E-state index < -0.39 is 17.9 Å². The molecule has 2 aromatic rings. The number of hydrogen-bond donors (Lipinski definition) is 1. The van der Waals surface area contributed by atoms with Gasteiger partial charge < -0.3 is 10.1 Å². The summed E-state index contributed by atoms with van der Waals surface area (Å²) < 4.78 is 5.12. The lowest BCUT2D eigenvalue weighted by atomic mass is 10.1.